The van der Waals surface area contributed by atoms with E-state index < -0.39 is 0 Å². The predicted molar refractivity (Wildman–Crippen MR) is 45.7 cm³/mol. The van der Waals surface area contributed by atoms with Gasteiger partial charge in [0.25, 0.3) is 0 Å². The highest BCUT2D eigenvalue weighted by atomic mass is 79.9. The summed E-state index contributed by atoms with van der Waals surface area (Å²) in [6, 6.07) is 1.31. The Balaban J connectivity index is 2.90. The Hall–Kier alpha value is -0.680. The van der Waals surface area contributed by atoms with Gasteiger partial charge < -0.3 is 0 Å². The number of hydrogen-bond donors (Lipinski definition) is 0. The molecule has 6 heteroatoms. The van der Waals surface area contributed by atoms with Crippen LogP contribution < -0.4 is 0 Å². The maximum atomic E-state index is 13.0. The molecule has 0 N–H and O–H groups in total. The molecule has 0 aromatic carbocycles. The molecule has 0 amide bonds. The molecule has 3 nitrogen and oxygen atoms in total. The van der Waals surface area contributed by atoms with E-state index in [0.29, 0.717) is 10.1 Å². The van der Waals surface area contributed by atoms with Crippen LogP contribution in [0.3, 0.4) is 0 Å². The normalized spacial score (nSPS) is 10.9. The molecule has 2 rings (SSSR count). The fraction of sp³-hybridized carbons (Fsp3) is 0. The Kier molecular flexibility index (Phi) is 1.77. The first kappa shape index (κ1) is 7.94. The molecule has 0 aliphatic heterocycles. The van der Waals surface area contributed by atoms with E-state index >= 15 is 0 Å². The van der Waals surface area contributed by atoms with Crippen molar-refractivity contribution in [1.82, 2.24) is 14.6 Å². The summed E-state index contributed by atoms with van der Waals surface area (Å²) in [7, 11) is 0. The highest BCUT2D eigenvalue weighted by Crippen LogP contribution is 2.18. The van der Waals surface area contributed by atoms with Crippen molar-refractivity contribution in [2.75, 3.05) is 0 Å². The van der Waals surface area contributed by atoms with Gasteiger partial charge in [0.2, 0.25) is 5.28 Å². The van der Waals surface area contributed by atoms with E-state index in [1.165, 1.54) is 16.8 Å². The zero-order chi connectivity index (χ0) is 8.72. The number of halogens is 3. The molecule has 0 bridgehead atoms. The fourth-order valence-corrected chi connectivity index (χ4v) is 1.49. The molecule has 0 atom stereocenters. The van der Waals surface area contributed by atoms with Crippen molar-refractivity contribution in [2.45, 2.75) is 0 Å². The Morgan fingerprint density at radius 1 is 1.58 bits per heavy atom. The van der Waals surface area contributed by atoms with Crippen molar-refractivity contribution >= 4 is 33.0 Å². The highest BCUT2D eigenvalue weighted by Gasteiger charge is 2.07. The molecule has 0 fully saturated rings. The lowest BCUT2D eigenvalue weighted by Crippen LogP contribution is -1.93. The zero-order valence-corrected chi connectivity index (χ0v) is 7.97. The van der Waals surface area contributed by atoms with E-state index in [-0.39, 0.29) is 11.1 Å². The van der Waals surface area contributed by atoms with Crippen LogP contribution in [0, 0.1) is 5.82 Å². The monoisotopic (exact) mass is 249 g/mol. The predicted octanol–water partition coefficient (Wildman–Crippen LogP) is 2.28. The summed E-state index contributed by atoms with van der Waals surface area (Å²) in [5.74, 6) is -0.376. The van der Waals surface area contributed by atoms with Crippen LogP contribution in [-0.2, 0) is 0 Å². The van der Waals surface area contributed by atoms with Gasteiger partial charge in [0, 0.05) is 6.07 Å². The highest BCUT2D eigenvalue weighted by molar-refractivity contribution is 9.10. The van der Waals surface area contributed by atoms with E-state index in [9.17, 15) is 4.39 Å². The van der Waals surface area contributed by atoms with Crippen molar-refractivity contribution in [3.63, 3.8) is 0 Å². The van der Waals surface area contributed by atoms with E-state index in [0.717, 1.165) is 0 Å². The Morgan fingerprint density at radius 2 is 2.33 bits per heavy atom. The van der Waals surface area contributed by atoms with Crippen LogP contribution in [0.1, 0.15) is 0 Å². The van der Waals surface area contributed by atoms with Gasteiger partial charge in [-0.2, -0.15) is 0 Å². The van der Waals surface area contributed by atoms with Crippen LogP contribution in [0.15, 0.2) is 16.9 Å². The molecule has 0 unspecified atom stereocenters. The first-order valence-electron chi connectivity index (χ1n) is 3.04. The van der Waals surface area contributed by atoms with E-state index in [2.05, 4.69) is 26.0 Å². The number of aromatic nitrogens is 3. The molecule has 2 heterocycles. The smallest absolute Gasteiger partial charge is 0.223 e. The lowest BCUT2D eigenvalue weighted by atomic mass is 10.5. The van der Waals surface area contributed by atoms with Gasteiger partial charge in [0.15, 0.2) is 5.82 Å². The molecular formula is C6H2BrClFN3. The third-order valence-corrected chi connectivity index (χ3v) is 2.13. The zero-order valence-electron chi connectivity index (χ0n) is 5.63. The second kappa shape index (κ2) is 2.67. The van der Waals surface area contributed by atoms with Crippen molar-refractivity contribution in [3.05, 3.63) is 28.0 Å². The second-order valence-electron chi connectivity index (χ2n) is 2.14. The molecule has 2 aromatic heterocycles. The van der Waals surface area contributed by atoms with Gasteiger partial charge in [-0.3, -0.25) is 0 Å². The van der Waals surface area contributed by atoms with Crippen LogP contribution in [0.25, 0.3) is 5.52 Å². The summed E-state index contributed by atoms with van der Waals surface area (Å²) in [5.41, 5.74) is 0.297. The number of hydrogen-bond acceptors (Lipinski definition) is 2. The van der Waals surface area contributed by atoms with Gasteiger partial charge >= 0.3 is 0 Å². The molecule has 0 radical (unpaired) electrons. The van der Waals surface area contributed by atoms with Gasteiger partial charge in [-0.1, -0.05) is 0 Å². The minimum absolute atomic E-state index is 0.0822. The standard InChI is InChI=1S/C6H2BrClFN3/c7-5-1-3(9)4-2-10-6(8)11-12(4)5/h1-2H. The minimum atomic E-state index is -0.376. The first-order chi connectivity index (χ1) is 5.68. The van der Waals surface area contributed by atoms with Gasteiger partial charge in [-0.25, -0.2) is 13.9 Å². The van der Waals surface area contributed by atoms with Crippen LogP contribution in [-0.4, -0.2) is 14.6 Å². The SMILES string of the molecule is Fc1cc(Br)n2nc(Cl)ncc12. The number of fused-ring (bicyclic) bond motifs is 1. The average Bonchev–Trinajstić information content (AvgIpc) is 2.28. The first-order valence-corrected chi connectivity index (χ1v) is 4.21. The van der Waals surface area contributed by atoms with E-state index in [1.807, 2.05) is 0 Å². The Morgan fingerprint density at radius 3 is 3.08 bits per heavy atom. The molecule has 0 aliphatic carbocycles. The molecule has 0 spiro atoms. The molecular weight excluding hydrogens is 248 g/mol. The Labute approximate surface area is 80.3 Å². The maximum Gasteiger partial charge on any atom is 0.241 e. The van der Waals surface area contributed by atoms with Crippen molar-refractivity contribution < 1.29 is 4.39 Å². The maximum absolute atomic E-state index is 13.0. The minimum Gasteiger partial charge on any atom is -0.223 e. The summed E-state index contributed by atoms with van der Waals surface area (Å²) in [6.45, 7) is 0. The summed E-state index contributed by atoms with van der Waals surface area (Å²) in [5, 5.41) is 3.86. The summed E-state index contributed by atoms with van der Waals surface area (Å²) in [6.07, 6.45) is 1.33. The molecule has 62 valence electrons. The van der Waals surface area contributed by atoms with E-state index in [1.54, 1.807) is 0 Å². The molecule has 0 saturated carbocycles. The van der Waals surface area contributed by atoms with Gasteiger partial charge in [-0.05, 0) is 27.5 Å². The van der Waals surface area contributed by atoms with Crippen LogP contribution in [0.5, 0.6) is 0 Å². The van der Waals surface area contributed by atoms with Gasteiger partial charge in [0.05, 0.1) is 6.20 Å². The van der Waals surface area contributed by atoms with Crippen molar-refractivity contribution in [2.24, 2.45) is 0 Å². The topological polar surface area (TPSA) is 30.2 Å². The Bertz CT molecular complexity index is 442. The summed E-state index contributed by atoms with van der Waals surface area (Å²) < 4.78 is 14.8. The van der Waals surface area contributed by atoms with Crippen LogP contribution in [0.4, 0.5) is 4.39 Å². The fourth-order valence-electron chi connectivity index (χ4n) is 0.897. The summed E-state index contributed by atoms with van der Waals surface area (Å²) in [4.78, 5) is 3.65. The third kappa shape index (κ3) is 1.09. The second-order valence-corrected chi connectivity index (χ2v) is 3.29. The lowest BCUT2D eigenvalue weighted by molar-refractivity contribution is 0.638. The van der Waals surface area contributed by atoms with E-state index in [4.69, 9.17) is 11.6 Å². The average molecular weight is 250 g/mol. The van der Waals surface area contributed by atoms with Crippen molar-refractivity contribution in [3.8, 4) is 0 Å². The van der Waals surface area contributed by atoms with Crippen LogP contribution in [0.2, 0.25) is 5.28 Å². The molecule has 12 heavy (non-hydrogen) atoms. The molecule has 2 aromatic rings. The number of nitrogens with zero attached hydrogens (tertiary/aromatic N) is 3. The largest absolute Gasteiger partial charge is 0.241 e. The van der Waals surface area contributed by atoms with Crippen molar-refractivity contribution in [1.29, 1.82) is 0 Å². The lowest BCUT2D eigenvalue weighted by Gasteiger charge is -1.93. The quantitative estimate of drug-likeness (QED) is 0.718. The third-order valence-electron chi connectivity index (χ3n) is 1.40. The van der Waals surface area contributed by atoms with Crippen LogP contribution >= 0.6 is 27.5 Å². The molecule has 0 aliphatic rings. The molecule has 0 saturated heterocycles. The van der Waals surface area contributed by atoms with Gasteiger partial charge in [0.1, 0.15) is 10.1 Å². The summed E-state index contributed by atoms with van der Waals surface area (Å²) >= 11 is 8.64. The number of rotatable bonds is 0. The van der Waals surface area contributed by atoms with Gasteiger partial charge in [-0.15, -0.1) is 5.10 Å².